The van der Waals surface area contributed by atoms with Gasteiger partial charge in [-0.15, -0.1) is 0 Å². The summed E-state index contributed by atoms with van der Waals surface area (Å²) in [5.74, 6) is -0.561. The normalized spacial score (nSPS) is 19.5. The quantitative estimate of drug-likeness (QED) is 0.211. The SMILES string of the molecule is CC(C)(CN)C(N)C(=O)NCC(O)C(O)C(O)C(O)CO. The zero-order chi connectivity index (χ0) is 16.8. The average Bonchev–Trinajstić information content (AvgIpc) is 2.48. The van der Waals surface area contributed by atoms with Crippen LogP contribution in [0, 0.1) is 5.41 Å². The maximum absolute atomic E-state index is 11.8. The van der Waals surface area contributed by atoms with E-state index in [0.717, 1.165) is 0 Å². The highest BCUT2D eigenvalue weighted by Crippen LogP contribution is 2.16. The fourth-order valence-electron chi connectivity index (χ4n) is 1.48. The first-order valence-corrected chi connectivity index (χ1v) is 6.65. The standard InChI is InChI=1S/C12H27N3O6/c1-12(2,5-13)10(14)11(21)15-3-6(17)8(19)9(20)7(18)4-16/h6-10,16-20H,3-5,13-14H2,1-2H3,(H,15,21). The van der Waals surface area contributed by atoms with Gasteiger partial charge in [0.05, 0.1) is 18.8 Å². The van der Waals surface area contributed by atoms with Gasteiger partial charge in [-0.3, -0.25) is 4.79 Å². The Morgan fingerprint density at radius 1 is 1.14 bits per heavy atom. The number of aliphatic hydroxyl groups excluding tert-OH is 5. The summed E-state index contributed by atoms with van der Waals surface area (Å²) in [6.45, 7) is 2.47. The van der Waals surface area contributed by atoms with E-state index in [2.05, 4.69) is 5.32 Å². The fraction of sp³-hybridized carbons (Fsp3) is 0.917. The topological polar surface area (TPSA) is 182 Å². The van der Waals surface area contributed by atoms with Crippen LogP contribution in [-0.4, -0.2) is 81.6 Å². The average molecular weight is 309 g/mol. The predicted molar refractivity (Wildman–Crippen MR) is 74.9 cm³/mol. The first-order chi connectivity index (χ1) is 9.58. The Bertz CT molecular complexity index is 328. The van der Waals surface area contributed by atoms with Crippen molar-refractivity contribution in [1.29, 1.82) is 0 Å². The fourth-order valence-corrected chi connectivity index (χ4v) is 1.48. The van der Waals surface area contributed by atoms with Gasteiger partial charge < -0.3 is 42.3 Å². The Labute approximate surface area is 123 Å². The molecule has 0 aliphatic rings. The van der Waals surface area contributed by atoms with Crippen molar-refractivity contribution in [2.24, 2.45) is 16.9 Å². The van der Waals surface area contributed by atoms with Crippen LogP contribution in [0.25, 0.3) is 0 Å². The molecule has 5 atom stereocenters. The third kappa shape index (κ3) is 5.83. The molecule has 0 aromatic rings. The molecule has 0 fully saturated rings. The van der Waals surface area contributed by atoms with Crippen LogP contribution < -0.4 is 16.8 Å². The number of hydrogen-bond donors (Lipinski definition) is 8. The molecule has 0 bridgehead atoms. The molecular weight excluding hydrogens is 282 g/mol. The van der Waals surface area contributed by atoms with Crippen molar-refractivity contribution in [1.82, 2.24) is 5.32 Å². The highest BCUT2D eigenvalue weighted by molar-refractivity contribution is 5.82. The number of aliphatic hydroxyl groups is 5. The molecule has 0 saturated heterocycles. The van der Waals surface area contributed by atoms with E-state index in [1.165, 1.54) is 0 Å². The van der Waals surface area contributed by atoms with Crippen LogP contribution in [0.15, 0.2) is 0 Å². The van der Waals surface area contributed by atoms with Gasteiger partial charge in [0.2, 0.25) is 5.91 Å². The molecule has 9 heteroatoms. The van der Waals surface area contributed by atoms with Crippen molar-refractivity contribution in [2.75, 3.05) is 19.7 Å². The highest BCUT2D eigenvalue weighted by Gasteiger charge is 2.33. The van der Waals surface area contributed by atoms with Crippen LogP contribution in [-0.2, 0) is 4.79 Å². The lowest BCUT2D eigenvalue weighted by Gasteiger charge is -2.30. The summed E-state index contributed by atoms with van der Waals surface area (Å²) in [5.41, 5.74) is 10.6. The maximum Gasteiger partial charge on any atom is 0.237 e. The largest absolute Gasteiger partial charge is 0.394 e. The van der Waals surface area contributed by atoms with Gasteiger partial charge in [0.1, 0.15) is 18.3 Å². The van der Waals surface area contributed by atoms with Gasteiger partial charge >= 0.3 is 0 Å². The second kappa shape index (κ2) is 8.59. The smallest absolute Gasteiger partial charge is 0.237 e. The molecule has 10 N–H and O–H groups in total. The van der Waals surface area contributed by atoms with Crippen molar-refractivity contribution in [3.05, 3.63) is 0 Å². The van der Waals surface area contributed by atoms with E-state index in [9.17, 15) is 20.1 Å². The Balaban J connectivity index is 4.42. The molecule has 0 saturated carbocycles. The molecule has 0 radical (unpaired) electrons. The third-order valence-corrected chi connectivity index (χ3v) is 3.46. The minimum atomic E-state index is -1.74. The van der Waals surface area contributed by atoms with Crippen LogP contribution in [0.3, 0.4) is 0 Å². The number of amides is 1. The lowest BCUT2D eigenvalue weighted by atomic mass is 9.84. The van der Waals surface area contributed by atoms with Crippen LogP contribution in [0.1, 0.15) is 13.8 Å². The molecule has 1 amide bonds. The van der Waals surface area contributed by atoms with Crippen molar-refractivity contribution in [3.8, 4) is 0 Å². The molecule has 0 spiro atoms. The molecule has 126 valence electrons. The summed E-state index contributed by atoms with van der Waals surface area (Å²) in [6, 6.07) is -0.903. The highest BCUT2D eigenvalue weighted by atomic mass is 16.4. The predicted octanol–water partition coefficient (Wildman–Crippen LogP) is -4.15. The Kier molecular flexibility index (Phi) is 8.26. The van der Waals surface area contributed by atoms with Gasteiger partial charge in [-0.1, -0.05) is 13.8 Å². The molecule has 0 rings (SSSR count). The number of carbonyl (C=O) groups is 1. The maximum atomic E-state index is 11.8. The molecule has 0 aliphatic carbocycles. The summed E-state index contributed by atoms with van der Waals surface area (Å²) >= 11 is 0. The van der Waals surface area contributed by atoms with Crippen LogP contribution in [0.2, 0.25) is 0 Å². The third-order valence-electron chi connectivity index (χ3n) is 3.46. The van der Waals surface area contributed by atoms with E-state index in [0.29, 0.717) is 0 Å². The molecule has 0 aromatic heterocycles. The summed E-state index contributed by atoms with van der Waals surface area (Å²) in [7, 11) is 0. The second-order valence-corrected chi connectivity index (χ2v) is 5.71. The number of hydrogen-bond acceptors (Lipinski definition) is 8. The first-order valence-electron chi connectivity index (χ1n) is 6.65. The summed E-state index contributed by atoms with van der Waals surface area (Å²) in [4.78, 5) is 11.8. The summed E-state index contributed by atoms with van der Waals surface area (Å²) in [6.07, 6.45) is -6.59. The Hall–Kier alpha value is -0.810. The summed E-state index contributed by atoms with van der Waals surface area (Å²) in [5, 5.41) is 48.8. The van der Waals surface area contributed by atoms with Crippen LogP contribution in [0.4, 0.5) is 0 Å². The minimum Gasteiger partial charge on any atom is -0.394 e. The van der Waals surface area contributed by atoms with Crippen molar-refractivity contribution in [3.63, 3.8) is 0 Å². The van der Waals surface area contributed by atoms with E-state index in [1.807, 2.05) is 0 Å². The van der Waals surface area contributed by atoms with E-state index in [1.54, 1.807) is 13.8 Å². The number of carbonyl (C=O) groups excluding carboxylic acids is 1. The molecule has 0 aromatic carbocycles. The van der Waals surface area contributed by atoms with Gasteiger partial charge in [0.25, 0.3) is 0 Å². The van der Waals surface area contributed by atoms with Gasteiger partial charge in [0.15, 0.2) is 0 Å². The van der Waals surface area contributed by atoms with Gasteiger partial charge in [0, 0.05) is 12.0 Å². The zero-order valence-electron chi connectivity index (χ0n) is 12.3. The van der Waals surface area contributed by atoms with Gasteiger partial charge in [-0.05, 0) is 6.54 Å². The second-order valence-electron chi connectivity index (χ2n) is 5.71. The van der Waals surface area contributed by atoms with E-state index < -0.39 is 48.4 Å². The lowest BCUT2D eigenvalue weighted by Crippen LogP contribution is -2.55. The Morgan fingerprint density at radius 3 is 2.05 bits per heavy atom. The van der Waals surface area contributed by atoms with Crippen LogP contribution in [0.5, 0.6) is 0 Å². The molecule has 5 unspecified atom stereocenters. The van der Waals surface area contributed by atoms with Crippen molar-refractivity contribution < 1.29 is 30.3 Å². The minimum absolute atomic E-state index is 0.189. The lowest BCUT2D eigenvalue weighted by molar-refractivity contribution is -0.128. The van der Waals surface area contributed by atoms with Crippen molar-refractivity contribution >= 4 is 5.91 Å². The molecule has 9 nitrogen and oxygen atoms in total. The first kappa shape index (κ1) is 20.2. The Morgan fingerprint density at radius 2 is 1.62 bits per heavy atom. The van der Waals surface area contributed by atoms with E-state index in [-0.39, 0.29) is 13.1 Å². The van der Waals surface area contributed by atoms with E-state index >= 15 is 0 Å². The van der Waals surface area contributed by atoms with Crippen LogP contribution >= 0.6 is 0 Å². The molecule has 0 aliphatic heterocycles. The molecule has 21 heavy (non-hydrogen) atoms. The number of rotatable bonds is 9. The van der Waals surface area contributed by atoms with Gasteiger partial charge in [-0.2, -0.15) is 0 Å². The van der Waals surface area contributed by atoms with E-state index in [4.69, 9.17) is 21.7 Å². The monoisotopic (exact) mass is 309 g/mol. The molecular formula is C12H27N3O6. The van der Waals surface area contributed by atoms with Gasteiger partial charge in [-0.25, -0.2) is 0 Å². The summed E-state index contributed by atoms with van der Waals surface area (Å²) < 4.78 is 0. The van der Waals surface area contributed by atoms with Crippen molar-refractivity contribution in [2.45, 2.75) is 44.3 Å². The number of nitrogens with one attached hydrogen (secondary N) is 1. The number of nitrogens with two attached hydrogens (primary N) is 2. The molecule has 0 heterocycles. The zero-order valence-corrected chi connectivity index (χ0v) is 12.3.